The second kappa shape index (κ2) is 6.49. The van der Waals surface area contributed by atoms with Gasteiger partial charge in [0.15, 0.2) is 0 Å². The van der Waals surface area contributed by atoms with Crippen LogP contribution in [0.15, 0.2) is 24.3 Å². The highest BCUT2D eigenvalue weighted by molar-refractivity contribution is 5.24. The predicted molar refractivity (Wildman–Crippen MR) is 75.4 cm³/mol. The minimum Gasteiger partial charge on any atom is -0.378 e. The molecule has 1 fully saturated rings. The van der Waals surface area contributed by atoms with Gasteiger partial charge in [-0.15, -0.1) is 0 Å². The Labute approximate surface area is 115 Å². The summed E-state index contributed by atoms with van der Waals surface area (Å²) in [6.45, 7) is 2.97. The molecule has 2 nitrogen and oxygen atoms in total. The van der Waals surface area contributed by atoms with E-state index >= 15 is 0 Å². The van der Waals surface area contributed by atoms with Crippen LogP contribution in [0.2, 0.25) is 0 Å². The SMILES string of the molecule is CCC(N)(CCCC1CCCO1)c1cccc(F)c1. The van der Waals surface area contributed by atoms with Gasteiger partial charge in [-0.05, 0) is 56.2 Å². The van der Waals surface area contributed by atoms with Gasteiger partial charge >= 0.3 is 0 Å². The lowest BCUT2D eigenvalue weighted by molar-refractivity contribution is 0.0998. The lowest BCUT2D eigenvalue weighted by Gasteiger charge is -2.29. The van der Waals surface area contributed by atoms with Gasteiger partial charge < -0.3 is 10.5 Å². The van der Waals surface area contributed by atoms with E-state index in [-0.39, 0.29) is 5.82 Å². The van der Waals surface area contributed by atoms with Crippen molar-refractivity contribution in [3.8, 4) is 0 Å². The van der Waals surface area contributed by atoms with Crippen molar-refractivity contribution in [1.29, 1.82) is 0 Å². The first-order valence-electron chi connectivity index (χ1n) is 7.30. The number of hydrogen-bond donors (Lipinski definition) is 1. The van der Waals surface area contributed by atoms with Crippen LogP contribution in [0.3, 0.4) is 0 Å². The highest BCUT2D eigenvalue weighted by atomic mass is 19.1. The number of halogens is 1. The first-order chi connectivity index (χ1) is 9.14. The van der Waals surface area contributed by atoms with Crippen LogP contribution < -0.4 is 5.73 Å². The largest absolute Gasteiger partial charge is 0.378 e. The summed E-state index contributed by atoms with van der Waals surface area (Å²) in [7, 11) is 0. The Morgan fingerprint density at radius 3 is 2.95 bits per heavy atom. The van der Waals surface area contributed by atoms with Crippen molar-refractivity contribution in [3.05, 3.63) is 35.6 Å². The van der Waals surface area contributed by atoms with E-state index < -0.39 is 5.54 Å². The molecule has 3 heteroatoms. The fourth-order valence-corrected chi connectivity index (χ4v) is 2.84. The molecule has 0 saturated carbocycles. The van der Waals surface area contributed by atoms with E-state index in [4.69, 9.17) is 10.5 Å². The maximum Gasteiger partial charge on any atom is 0.123 e. The van der Waals surface area contributed by atoms with Gasteiger partial charge in [-0.3, -0.25) is 0 Å². The zero-order valence-electron chi connectivity index (χ0n) is 11.7. The van der Waals surface area contributed by atoms with E-state index in [0.29, 0.717) is 6.10 Å². The van der Waals surface area contributed by atoms with Crippen molar-refractivity contribution in [3.63, 3.8) is 0 Å². The molecule has 1 aliphatic rings. The quantitative estimate of drug-likeness (QED) is 0.850. The second-order valence-electron chi connectivity index (χ2n) is 5.55. The van der Waals surface area contributed by atoms with E-state index in [1.165, 1.54) is 18.9 Å². The Kier molecular flexibility index (Phi) is 4.94. The number of nitrogens with two attached hydrogens (primary N) is 1. The first-order valence-corrected chi connectivity index (χ1v) is 7.30. The molecule has 1 aliphatic heterocycles. The van der Waals surface area contributed by atoms with Gasteiger partial charge in [-0.1, -0.05) is 19.1 Å². The summed E-state index contributed by atoms with van der Waals surface area (Å²) in [6, 6.07) is 6.70. The minimum absolute atomic E-state index is 0.208. The molecule has 0 aliphatic carbocycles. The molecule has 0 bridgehead atoms. The molecule has 1 aromatic carbocycles. The molecule has 2 atom stereocenters. The zero-order valence-corrected chi connectivity index (χ0v) is 11.7. The summed E-state index contributed by atoms with van der Waals surface area (Å²) < 4.78 is 19.0. The molecule has 19 heavy (non-hydrogen) atoms. The van der Waals surface area contributed by atoms with Gasteiger partial charge in [0, 0.05) is 12.1 Å². The Balaban J connectivity index is 1.93. The summed E-state index contributed by atoms with van der Waals surface area (Å²) in [6.07, 6.45) is 6.56. The lowest BCUT2D eigenvalue weighted by Crippen LogP contribution is -2.36. The van der Waals surface area contributed by atoms with E-state index in [1.54, 1.807) is 12.1 Å². The molecule has 106 valence electrons. The van der Waals surface area contributed by atoms with Gasteiger partial charge in [0.1, 0.15) is 5.82 Å². The molecular formula is C16H24FNO. The van der Waals surface area contributed by atoms with E-state index in [0.717, 1.165) is 37.9 Å². The smallest absolute Gasteiger partial charge is 0.123 e. The molecular weight excluding hydrogens is 241 g/mol. The fraction of sp³-hybridized carbons (Fsp3) is 0.625. The maximum atomic E-state index is 13.3. The van der Waals surface area contributed by atoms with Crippen molar-refractivity contribution >= 4 is 0 Å². The molecule has 1 saturated heterocycles. The van der Waals surface area contributed by atoms with Gasteiger partial charge in [0.25, 0.3) is 0 Å². The number of ether oxygens (including phenoxy) is 1. The van der Waals surface area contributed by atoms with Crippen molar-refractivity contribution < 1.29 is 9.13 Å². The van der Waals surface area contributed by atoms with Crippen LogP contribution in [0.5, 0.6) is 0 Å². The standard InChI is InChI=1S/C16H24FNO/c1-2-16(18,13-6-3-7-14(17)12-13)10-4-8-15-9-5-11-19-15/h3,6-7,12,15H,2,4-5,8-11,18H2,1H3. The fourth-order valence-electron chi connectivity index (χ4n) is 2.84. The summed E-state index contributed by atoms with van der Waals surface area (Å²) in [5.74, 6) is -0.208. The Morgan fingerprint density at radius 1 is 1.47 bits per heavy atom. The first kappa shape index (κ1) is 14.5. The van der Waals surface area contributed by atoms with Crippen molar-refractivity contribution in [1.82, 2.24) is 0 Å². The van der Waals surface area contributed by atoms with Crippen LogP contribution in [0.1, 0.15) is 51.0 Å². The normalized spacial score (nSPS) is 22.4. The van der Waals surface area contributed by atoms with Crippen molar-refractivity contribution in [2.24, 2.45) is 5.73 Å². The maximum absolute atomic E-state index is 13.3. The summed E-state index contributed by atoms with van der Waals surface area (Å²) in [4.78, 5) is 0. The minimum atomic E-state index is -0.416. The molecule has 1 heterocycles. The molecule has 0 aromatic heterocycles. The van der Waals surface area contributed by atoms with Gasteiger partial charge in [0.2, 0.25) is 0 Å². The average Bonchev–Trinajstić information content (AvgIpc) is 2.92. The Bertz CT molecular complexity index is 403. The van der Waals surface area contributed by atoms with Gasteiger partial charge in [-0.2, -0.15) is 0 Å². The summed E-state index contributed by atoms with van der Waals surface area (Å²) >= 11 is 0. The summed E-state index contributed by atoms with van der Waals surface area (Å²) in [5.41, 5.74) is 6.95. The molecule has 0 spiro atoms. The zero-order chi connectivity index (χ0) is 13.7. The molecule has 0 radical (unpaired) electrons. The summed E-state index contributed by atoms with van der Waals surface area (Å²) in [5, 5.41) is 0. The number of hydrogen-bond acceptors (Lipinski definition) is 2. The van der Waals surface area contributed by atoms with Gasteiger partial charge in [0.05, 0.1) is 6.10 Å². The van der Waals surface area contributed by atoms with Crippen molar-refractivity contribution in [2.45, 2.75) is 57.1 Å². The predicted octanol–water partition coefficient (Wildman–Crippen LogP) is 3.74. The third-order valence-corrected chi connectivity index (χ3v) is 4.20. The second-order valence-corrected chi connectivity index (χ2v) is 5.55. The molecule has 2 unspecified atom stereocenters. The molecule has 0 amide bonds. The highest BCUT2D eigenvalue weighted by Gasteiger charge is 2.26. The number of rotatable bonds is 6. The van der Waals surface area contributed by atoms with Crippen LogP contribution in [-0.2, 0) is 10.3 Å². The Hall–Kier alpha value is -0.930. The van der Waals surface area contributed by atoms with Crippen LogP contribution in [-0.4, -0.2) is 12.7 Å². The third kappa shape index (κ3) is 3.77. The molecule has 2 rings (SSSR count). The monoisotopic (exact) mass is 265 g/mol. The van der Waals surface area contributed by atoms with E-state index in [9.17, 15) is 4.39 Å². The molecule has 2 N–H and O–H groups in total. The molecule has 1 aromatic rings. The van der Waals surface area contributed by atoms with E-state index in [2.05, 4.69) is 6.92 Å². The van der Waals surface area contributed by atoms with Crippen molar-refractivity contribution in [2.75, 3.05) is 6.61 Å². The number of benzene rings is 1. The van der Waals surface area contributed by atoms with Crippen LogP contribution in [0.25, 0.3) is 0 Å². The lowest BCUT2D eigenvalue weighted by atomic mass is 9.83. The highest BCUT2D eigenvalue weighted by Crippen LogP contribution is 2.29. The van der Waals surface area contributed by atoms with Crippen LogP contribution in [0, 0.1) is 5.82 Å². The van der Waals surface area contributed by atoms with E-state index in [1.807, 2.05) is 6.07 Å². The van der Waals surface area contributed by atoms with Gasteiger partial charge in [-0.25, -0.2) is 4.39 Å². The third-order valence-electron chi connectivity index (χ3n) is 4.20. The van der Waals surface area contributed by atoms with Crippen LogP contribution >= 0.6 is 0 Å². The average molecular weight is 265 g/mol. The Morgan fingerprint density at radius 2 is 2.32 bits per heavy atom. The van der Waals surface area contributed by atoms with Crippen LogP contribution in [0.4, 0.5) is 4.39 Å². The topological polar surface area (TPSA) is 35.2 Å².